The van der Waals surface area contributed by atoms with Gasteiger partial charge in [-0.25, -0.2) is 0 Å². The number of likely N-dealkylation sites (N-methyl/N-ethyl adjacent to an activating group) is 1. The molecule has 0 aromatic rings. The summed E-state index contributed by atoms with van der Waals surface area (Å²) in [5, 5.41) is 3.27. The largest absolute Gasteiger partial charge is 0.501 e. The smallest absolute Gasteiger partial charge is 0.0876 e. The molecular weight excluding hydrogens is 190 g/mol. The van der Waals surface area contributed by atoms with Crippen molar-refractivity contribution in [2.24, 2.45) is 0 Å². The maximum Gasteiger partial charge on any atom is 0.0876 e. The monoisotopic (exact) mass is 213 g/mol. The van der Waals surface area contributed by atoms with E-state index in [1.807, 2.05) is 13.3 Å². The van der Waals surface area contributed by atoms with Crippen molar-refractivity contribution in [1.82, 2.24) is 5.32 Å². The zero-order valence-electron chi connectivity index (χ0n) is 10.3. The van der Waals surface area contributed by atoms with Gasteiger partial charge in [0, 0.05) is 0 Å². The second-order valence-electron chi connectivity index (χ2n) is 4.93. The van der Waals surface area contributed by atoms with Crippen LogP contribution in [0.5, 0.6) is 0 Å². The summed E-state index contributed by atoms with van der Waals surface area (Å²) >= 11 is 0. The third kappa shape index (κ3) is 4.67. The van der Waals surface area contributed by atoms with E-state index in [0.29, 0.717) is 6.61 Å². The van der Waals surface area contributed by atoms with Gasteiger partial charge in [0.1, 0.15) is 0 Å². The van der Waals surface area contributed by atoms with Crippen molar-refractivity contribution in [3.05, 3.63) is 11.8 Å². The van der Waals surface area contributed by atoms with E-state index in [0.717, 1.165) is 19.4 Å². The molecule has 0 aromatic heterocycles. The fourth-order valence-electron chi connectivity index (χ4n) is 1.55. The molecule has 0 fully saturated rings. The molecule has 0 spiro atoms. The molecule has 0 saturated carbocycles. The summed E-state index contributed by atoms with van der Waals surface area (Å²) in [5.74, 6) is 0. The first-order valence-corrected chi connectivity index (χ1v) is 5.65. The first kappa shape index (κ1) is 12.5. The van der Waals surface area contributed by atoms with Gasteiger partial charge in [0.25, 0.3) is 0 Å². The van der Waals surface area contributed by atoms with Crippen molar-refractivity contribution in [3.63, 3.8) is 0 Å². The molecule has 15 heavy (non-hydrogen) atoms. The fraction of sp³-hybridized carbons (Fsp3) is 0.833. The topological polar surface area (TPSA) is 30.5 Å². The minimum absolute atomic E-state index is 0.0782. The number of hydrogen-bond donors (Lipinski definition) is 1. The molecule has 0 saturated heterocycles. The molecule has 3 heteroatoms. The van der Waals surface area contributed by atoms with Crippen LogP contribution in [0, 0.1) is 0 Å². The highest BCUT2D eigenvalue weighted by Gasteiger charge is 2.19. The quantitative estimate of drug-likeness (QED) is 0.775. The predicted octanol–water partition coefficient (Wildman–Crippen LogP) is 2.08. The highest BCUT2D eigenvalue weighted by Crippen LogP contribution is 2.17. The van der Waals surface area contributed by atoms with Crippen LogP contribution in [-0.4, -0.2) is 31.9 Å². The van der Waals surface area contributed by atoms with Gasteiger partial charge in [-0.3, -0.25) is 0 Å². The standard InChI is InChI=1S/C12H23NO2/c1-12(2,3)15-9-11(13-4)10-6-5-7-14-8-10/h8,11,13H,5-7,9H2,1-4H3. The van der Waals surface area contributed by atoms with Crippen LogP contribution in [0.2, 0.25) is 0 Å². The van der Waals surface area contributed by atoms with Crippen LogP contribution >= 0.6 is 0 Å². The van der Waals surface area contributed by atoms with Crippen molar-refractivity contribution in [3.8, 4) is 0 Å². The molecule has 1 N–H and O–H groups in total. The highest BCUT2D eigenvalue weighted by molar-refractivity contribution is 5.09. The average molecular weight is 213 g/mol. The molecule has 1 atom stereocenters. The number of rotatable bonds is 4. The molecule has 1 unspecified atom stereocenters. The molecule has 1 aliphatic heterocycles. The Morgan fingerprint density at radius 3 is 2.73 bits per heavy atom. The van der Waals surface area contributed by atoms with Crippen LogP contribution < -0.4 is 5.32 Å². The Bertz CT molecular complexity index is 218. The van der Waals surface area contributed by atoms with Crippen LogP contribution in [-0.2, 0) is 9.47 Å². The Labute approximate surface area is 92.8 Å². The van der Waals surface area contributed by atoms with Crippen molar-refractivity contribution in [1.29, 1.82) is 0 Å². The lowest BCUT2D eigenvalue weighted by Gasteiger charge is -2.27. The summed E-state index contributed by atoms with van der Waals surface area (Å²) in [6, 6.07) is 0.282. The molecule has 3 nitrogen and oxygen atoms in total. The van der Waals surface area contributed by atoms with E-state index in [1.165, 1.54) is 5.57 Å². The van der Waals surface area contributed by atoms with Crippen molar-refractivity contribution in [2.45, 2.75) is 45.3 Å². The third-order valence-corrected chi connectivity index (χ3v) is 2.44. The second-order valence-corrected chi connectivity index (χ2v) is 4.93. The molecule has 1 aliphatic rings. The van der Waals surface area contributed by atoms with E-state index in [9.17, 15) is 0 Å². The van der Waals surface area contributed by atoms with Gasteiger partial charge < -0.3 is 14.8 Å². The van der Waals surface area contributed by atoms with Crippen LogP contribution in [0.3, 0.4) is 0 Å². The SMILES string of the molecule is CNC(COC(C)(C)C)C1=COCCC1. The van der Waals surface area contributed by atoms with Gasteiger partial charge >= 0.3 is 0 Å². The van der Waals surface area contributed by atoms with Crippen molar-refractivity contribution < 1.29 is 9.47 Å². The number of nitrogens with one attached hydrogen (secondary N) is 1. The van der Waals surface area contributed by atoms with E-state index in [2.05, 4.69) is 26.1 Å². The Balaban J connectivity index is 2.44. The molecule has 1 rings (SSSR count). The van der Waals surface area contributed by atoms with E-state index >= 15 is 0 Å². The van der Waals surface area contributed by atoms with Gasteiger partial charge in [-0.2, -0.15) is 0 Å². The third-order valence-electron chi connectivity index (χ3n) is 2.44. The maximum atomic E-state index is 5.78. The minimum atomic E-state index is -0.0782. The normalized spacial score (nSPS) is 19.3. The van der Waals surface area contributed by atoms with E-state index in [1.54, 1.807) is 0 Å². The molecule has 88 valence electrons. The second kappa shape index (κ2) is 5.52. The minimum Gasteiger partial charge on any atom is -0.501 e. The van der Waals surface area contributed by atoms with Gasteiger partial charge in [-0.05, 0) is 46.2 Å². The van der Waals surface area contributed by atoms with Crippen LogP contribution in [0.1, 0.15) is 33.6 Å². The summed E-state index contributed by atoms with van der Waals surface area (Å²) in [6.45, 7) is 7.78. The average Bonchev–Trinajstić information content (AvgIpc) is 2.19. The summed E-state index contributed by atoms with van der Waals surface area (Å²) in [5.41, 5.74) is 1.23. The van der Waals surface area contributed by atoms with Crippen LogP contribution in [0.25, 0.3) is 0 Å². The molecule has 1 heterocycles. The first-order valence-electron chi connectivity index (χ1n) is 5.65. The lowest BCUT2D eigenvalue weighted by molar-refractivity contribution is -0.0105. The number of hydrogen-bond acceptors (Lipinski definition) is 3. The molecule has 0 amide bonds. The van der Waals surface area contributed by atoms with E-state index < -0.39 is 0 Å². The van der Waals surface area contributed by atoms with Gasteiger partial charge in [0.15, 0.2) is 0 Å². The van der Waals surface area contributed by atoms with Crippen molar-refractivity contribution >= 4 is 0 Å². The molecule has 0 radical (unpaired) electrons. The van der Waals surface area contributed by atoms with Gasteiger partial charge in [0.2, 0.25) is 0 Å². The summed E-state index contributed by atoms with van der Waals surface area (Å²) in [4.78, 5) is 0. The predicted molar refractivity (Wildman–Crippen MR) is 61.8 cm³/mol. The zero-order valence-corrected chi connectivity index (χ0v) is 10.3. The van der Waals surface area contributed by atoms with Gasteiger partial charge in [-0.15, -0.1) is 0 Å². The van der Waals surface area contributed by atoms with Crippen LogP contribution in [0.4, 0.5) is 0 Å². The molecular formula is C12H23NO2. The van der Waals surface area contributed by atoms with Gasteiger partial charge in [-0.1, -0.05) is 0 Å². The van der Waals surface area contributed by atoms with E-state index in [-0.39, 0.29) is 11.6 Å². The zero-order chi connectivity index (χ0) is 11.3. The Hall–Kier alpha value is -0.540. The lowest BCUT2D eigenvalue weighted by atomic mass is 10.0. The Kier molecular flexibility index (Phi) is 4.61. The Morgan fingerprint density at radius 1 is 1.53 bits per heavy atom. The Morgan fingerprint density at radius 2 is 2.27 bits per heavy atom. The summed E-state index contributed by atoms with van der Waals surface area (Å²) < 4.78 is 11.1. The molecule has 0 aromatic carbocycles. The summed E-state index contributed by atoms with van der Waals surface area (Å²) in [7, 11) is 1.96. The lowest BCUT2D eigenvalue weighted by Crippen LogP contribution is -2.36. The molecule has 0 aliphatic carbocycles. The first-order chi connectivity index (χ1) is 7.03. The highest BCUT2D eigenvalue weighted by atomic mass is 16.5. The van der Waals surface area contributed by atoms with Crippen molar-refractivity contribution in [2.75, 3.05) is 20.3 Å². The fourth-order valence-corrected chi connectivity index (χ4v) is 1.55. The van der Waals surface area contributed by atoms with Gasteiger partial charge in [0.05, 0.1) is 31.1 Å². The summed E-state index contributed by atoms with van der Waals surface area (Å²) in [6.07, 6.45) is 4.11. The van der Waals surface area contributed by atoms with E-state index in [4.69, 9.17) is 9.47 Å². The number of ether oxygens (including phenoxy) is 2. The maximum absolute atomic E-state index is 5.78. The van der Waals surface area contributed by atoms with Crippen LogP contribution in [0.15, 0.2) is 11.8 Å². The molecule has 0 bridgehead atoms.